The Labute approximate surface area is 95.5 Å². The van der Waals surface area contributed by atoms with E-state index in [4.69, 9.17) is 4.74 Å². The Balaban J connectivity index is 1.88. The van der Waals surface area contributed by atoms with E-state index in [1.165, 1.54) is 24.1 Å². The molecule has 0 aromatic carbocycles. The SMILES string of the molecule is COc1cncc(C2=C[C@@H]3NC[C@@H]3CC2)c1. The van der Waals surface area contributed by atoms with Gasteiger partial charge in [0.15, 0.2) is 0 Å². The fraction of sp³-hybridized carbons (Fsp3) is 0.462. The molecule has 16 heavy (non-hydrogen) atoms. The van der Waals surface area contributed by atoms with Crippen LogP contribution in [-0.2, 0) is 0 Å². The molecular weight excluding hydrogens is 200 g/mol. The minimum Gasteiger partial charge on any atom is -0.495 e. The summed E-state index contributed by atoms with van der Waals surface area (Å²) in [6.45, 7) is 1.19. The summed E-state index contributed by atoms with van der Waals surface area (Å²) in [7, 11) is 1.68. The first-order valence-electron chi connectivity index (χ1n) is 5.80. The second kappa shape index (κ2) is 3.91. The number of pyridine rings is 1. The lowest BCUT2D eigenvalue weighted by Gasteiger charge is -2.40. The highest BCUT2D eigenvalue weighted by molar-refractivity contribution is 5.67. The predicted molar refractivity (Wildman–Crippen MR) is 63.3 cm³/mol. The van der Waals surface area contributed by atoms with E-state index in [1.807, 2.05) is 6.20 Å². The molecule has 84 valence electrons. The number of hydrogen-bond donors (Lipinski definition) is 1. The summed E-state index contributed by atoms with van der Waals surface area (Å²) >= 11 is 0. The number of methoxy groups -OCH3 is 1. The first-order valence-corrected chi connectivity index (χ1v) is 5.80. The Morgan fingerprint density at radius 1 is 1.44 bits per heavy atom. The maximum atomic E-state index is 5.20. The fourth-order valence-electron chi connectivity index (χ4n) is 2.48. The third kappa shape index (κ3) is 1.61. The Bertz CT molecular complexity index is 428. The minimum absolute atomic E-state index is 0.593. The second-order valence-corrected chi connectivity index (χ2v) is 4.54. The average Bonchev–Trinajstić information content (AvgIpc) is 2.31. The van der Waals surface area contributed by atoms with Gasteiger partial charge in [-0.25, -0.2) is 0 Å². The third-order valence-corrected chi connectivity index (χ3v) is 3.61. The summed E-state index contributed by atoms with van der Waals surface area (Å²) in [5.41, 5.74) is 2.60. The minimum atomic E-state index is 0.593. The molecule has 0 amide bonds. The lowest BCUT2D eigenvalue weighted by atomic mass is 9.79. The van der Waals surface area contributed by atoms with Crippen LogP contribution in [0.5, 0.6) is 5.75 Å². The molecule has 1 aliphatic carbocycles. The molecule has 1 fully saturated rings. The van der Waals surface area contributed by atoms with Crippen LogP contribution in [0.1, 0.15) is 18.4 Å². The molecule has 0 unspecified atom stereocenters. The molecule has 0 saturated carbocycles. The summed E-state index contributed by atoms with van der Waals surface area (Å²) in [4.78, 5) is 4.21. The summed E-state index contributed by atoms with van der Waals surface area (Å²) < 4.78 is 5.20. The van der Waals surface area contributed by atoms with Crippen molar-refractivity contribution in [2.24, 2.45) is 5.92 Å². The molecule has 0 bridgehead atoms. The molecule has 1 aromatic heterocycles. The van der Waals surface area contributed by atoms with E-state index in [9.17, 15) is 0 Å². The first-order chi connectivity index (χ1) is 7.86. The van der Waals surface area contributed by atoms with Crippen molar-refractivity contribution in [3.8, 4) is 5.75 Å². The summed E-state index contributed by atoms with van der Waals surface area (Å²) in [6.07, 6.45) is 8.48. The number of ether oxygens (including phenoxy) is 1. The van der Waals surface area contributed by atoms with E-state index < -0.39 is 0 Å². The maximum absolute atomic E-state index is 5.20. The van der Waals surface area contributed by atoms with Gasteiger partial charge in [-0.1, -0.05) is 6.08 Å². The van der Waals surface area contributed by atoms with Crippen LogP contribution in [0, 0.1) is 5.92 Å². The number of aromatic nitrogens is 1. The largest absolute Gasteiger partial charge is 0.495 e. The highest BCUT2D eigenvalue weighted by Crippen LogP contribution is 2.34. The van der Waals surface area contributed by atoms with Crippen LogP contribution in [-0.4, -0.2) is 24.7 Å². The van der Waals surface area contributed by atoms with Crippen molar-refractivity contribution in [3.63, 3.8) is 0 Å². The lowest BCUT2D eigenvalue weighted by molar-refractivity contribution is 0.256. The molecule has 2 aliphatic rings. The summed E-state index contributed by atoms with van der Waals surface area (Å²) in [5, 5.41) is 3.45. The van der Waals surface area contributed by atoms with Crippen LogP contribution < -0.4 is 10.1 Å². The van der Waals surface area contributed by atoms with Gasteiger partial charge < -0.3 is 10.1 Å². The van der Waals surface area contributed by atoms with Crippen molar-refractivity contribution in [2.45, 2.75) is 18.9 Å². The zero-order valence-corrected chi connectivity index (χ0v) is 9.44. The molecular formula is C13H16N2O. The highest BCUT2D eigenvalue weighted by atomic mass is 16.5. The number of allylic oxidation sites excluding steroid dienone is 1. The van der Waals surface area contributed by atoms with E-state index in [-0.39, 0.29) is 0 Å². The van der Waals surface area contributed by atoms with Crippen LogP contribution in [0.25, 0.3) is 5.57 Å². The Hall–Kier alpha value is -1.35. The quantitative estimate of drug-likeness (QED) is 0.819. The third-order valence-electron chi connectivity index (χ3n) is 3.61. The summed E-state index contributed by atoms with van der Waals surface area (Å²) in [5.74, 6) is 1.70. The lowest BCUT2D eigenvalue weighted by Crippen LogP contribution is -2.52. The van der Waals surface area contributed by atoms with Crippen LogP contribution in [0.3, 0.4) is 0 Å². The van der Waals surface area contributed by atoms with Crippen molar-refractivity contribution in [2.75, 3.05) is 13.7 Å². The van der Waals surface area contributed by atoms with Crippen LogP contribution >= 0.6 is 0 Å². The zero-order valence-electron chi connectivity index (χ0n) is 9.44. The number of hydrogen-bond acceptors (Lipinski definition) is 3. The van der Waals surface area contributed by atoms with Crippen molar-refractivity contribution < 1.29 is 4.74 Å². The van der Waals surface area contributed by atoms with E-state index in [1.54, 1.807) is 13.3 Å². The number of nitrogens with one attached hydrogen (secondary N) is 1. The van der Waals surface area contributed by atoms with Gasteiger partial charge >= 0.3 is 0 Å². The van der Waals surface area contributed by atoms with Gasteiger partial charge in [-0.15, -0.1) is 0 Å². The Morgan fingerprint density at radius 3 is 3.06 bits per heavy atom. The van der Waals surface area contributed by atoms with Crippen LogP contribution in [0.15, 0.2) is 24.5 Å². The van der Waals surface area contributed by atoms with E-state index in [0.29, 0.717) is 6.04 Å². The van der Waals surface area contributed by atoms with Crippen LogP contribution in [0.4, 0.5) is 0 Å². The van der Waals surface area contributed by atoms with Crippen molar-refractivity contribution in [1.29, 1.82) is 0 Å². The normalized spacial score (nSPS) is 27.7. The first kappa shape index (κ1) is 9.85. The molecule has 0 spiro atoms. The van der Waals surface area contributed by atoms with Gasteiger partial charge in [-0.05, 0) is 36.0 Å². The highest BCUT2D eigenvalue weighted by Gasteiger charge is 2.31. The van der Waals surface area contributed by atoms with Gasteiger partial charge in [0.2, 0.25) is 0 Å². The van der Waals surface area contributed by atoms with Crippen molar-refractivity contribution in [3.05, 3.63) is 30.1 Å². The Morgan fingerprint density at radius 2 is 2.38 bits per heavy atom. The molecule has 3 nitrogen and oxygen atoms in total. The monoisotopic (exact) mass is 216 g/mol. The van der Waals surface area contributed by atoms with E-state index in [0.717, 1.165) is 18.1 Å². The molecule has 3 heteroatoms. The number of nitrogens with zero attached hydrogens (tertiary/aromatic N) is 1. The van der Waals surface area contributed by atoms with Gasteiger partial charge in [0, 0.05) is 18.8 Å². The molecule has 2 atom stereocenters. The molecule has 1 N–H and O–H groups in total. The second-order valence-electron chi connectivity index (χ2n) is 4.54. The van der Waals surface area contributed by atoms with E-state index >= 15 is 0 Å². The van der Waals surface area contributed by atoms with Crippen LogP contribution in [0.2, 0.25) is 0 Å². The fourth-order valence-corrected chi connectivity index (χ4v) is 2.48. The van der Waals surface area contributed by atoms with E-state index in [2.05, 4.69) is 22.4 Å². The number of fused-ring (bicyclic) bond motifs is 1. The van der Waals surface area contributed by atoms with Crippen molar-refractivity contribution in [1.82, 2.24) is 10.3 Å². The molecule has 0 radical (unpaired) electrons. The molecule has 3 rings (SSSR count). The number of rotatable bonds is 2. The maximum Gasteiger partial charge on any atom is 0.137 e. The van der Waals surface area contributed by atoms with Gasteiger partial charge in [-0.2, -0.15) is 0 Å². The standard InChI is InChI=1S/C13H16N2O/c1-16-12-4-11(6-14-8-12)9-2-3-10-7-15-13(10)5-9/h4-6,8,10,13,15H,2-3,7H2,1H3/t10-,13-/m0/s1. The van der Waals surface area contributed by atoms with Gasteiger partial charge in [0.05, 0.1) is 13.3 Å². The smallest absolute Gasteiger partial charge is 0.137 e. The topological polar surface area (TPSA) is 34.1 Å². The zero-order chi connectivity index (χ0) is 11.0. The molecule has 1 saturated heterocycles. The average molecular weight is 216 g/mol. The summed E-state index contributed by atoms with van der Waals surface area (Å²) in [6, 6.07) is 2.66. The van der Waals surface area contributed by atoms with Gasteiger partial charge in [0.1, 0.15) is 5.75 Å². The Kier molecular flexibility index (Phi) is 2.40. The molecule has 1 aliphatic heterocycles. The van der Waals surface area contributed by atoms with Gasteiger partial charge in [-0.3, -0.25) is 4.98 Å². The predicted octanol–water partition coefficient (Wildman–Crippen LogP) is 1.86. The molecule has 2 heterocycles. The van der Waals surface area contributed by atoms with Crippen molar-refractivity contribution >= 4 is 5.57 Å². The van der Waals surface area contributed by atoms with Gasteiger partial charge in [0.25, 0.3) is 0 Å². The molecule has 1 aromatic rings.